The monoisotopic (exact) mass is 537 g/mol. The molecule has 1 saturated carbocycles. The van der Waals surface area contributed by atoms with Crippen LogP contribution in [0.3, 0.4) is 0 Å². The number of piperazine rings is 1. The Balaban J connectivity index is 1.16. The number of nitrogens with zero attached hydrogens (tertiary/aromatic N) is 4. The lowest BCUT2D eigenvalue weighted by molar-refractivity contribution is -0.117. The molecule has 5 atom stereocenters. The highest BCUT2D eigenvalue weighted by atomic mass is 35.5. The third-order valence-electron chi connectivity index (χ3n) is 8.69. The van der Waals surface area contributed by atoms with Crippen molar-refractivity contribution in [2.24, 2.45) is 11.8 Å². The highest BCUT2D eigenvalue weighted by Gasteiger charge is 2.55. The molecular formula is C29H33ClFN5O2. The summed E-state index contributed by atoms with van der Waals surface area (Å²) >= 11 is 6.69. The fourth-order valence-corrected chi connectivity index (χ4v) is 6.57. The lowest BCUT2D eigenvalue weighted by Gasteiger charge is -2.44. The van der Waals surface area contributed by atoms with Gasteiger partial charge in [-0.3, -0.25) is 14.7 Å². The molecule has 1 amide bonds. The first kappa shape index (κ1) is 25.5. The van der Waals surface area contributed by atoms with Crippen molar-refractivity contribution in [3.63, 3.8) is 0 Å². The number of hydrogen-bond acceptors (Lipinski definition) is 6. The van der Waals surface area contributed by atoms with Crippen molar-refractivity contribution >= 4 is 39.8 Å². The van der Waals surface area contributed by atoms with Gasteiger partial charge in [0.2, 0.25) is 5.91 Å². The quantitative estimate of drug-likeness (QED) is 0.482. The predicted octanol–water partition coefficient (Wildman–Crippen LogP) is 4.91. The Labute approximate surface area is 227 Å². The van der Waals surface area contributed by atoms with E-state index in [1.165, 1.54) is 0 Å². The van der Waals surface area contributed by atoms with Gasteiger partial charge in [0.05, 0.1) is 35.4 Å². The number of fused-ring (bicyclic) bond motifs is 1. The summed E-state index contributed by atoms with van der Waals surface area (Å²) in [5.74, 6) is 0.864. The molecular weight excluding hydrogens is 505 g/mol. The molecule has 9 heteroatoms. The van der Waals surface area contributed by atoms with E-state index in [9.17, 15) is 9.18 Å². The van der Waals surface area contributed by atoms with Gasteiger partial charge in [0.25, 0.3) is 0 Å². The predicted molar refractivity (Wildman–Crippen MR) is 148 cm³/mol. The van der Waals surface area contributed by atoms with E-state index in [1.54, 1.807) is 12.4 Å². The molecule has 4 heterocycles. The zero-order valence-electron chi connectivity index (χ0n) is 21.7. The van der Waals surface area contributed by atoms with Crippen LogP contribution in [0.2, 0.25) is 5.02 Å². The Morgan fingerprint density at radius 1 is 1.18 bits per heavy atom. The third kappa shape index (κ3) is 4.52. The first-order chi connectivity index (χ1) is 18.4. The maximum Gasteiger partial charge on any atom is 0.229 e. The van der Waals surface area contributed by atoms with Gasteiger partial charge in [-0.15, -0.1) is 0 Å². The fourth-order valence-electron chi connectivity index (χ4n) is 6.28. The Bertz CT molecular complexity index is 1340. The highest BCUT2D eigenvalue weighted by Crippen LogP contribution is 2.55. The van der Waals surface area contributed by atoms with E-state index in [2.05, 4.69) is 38.1 Å². The van der Waals surface area contributed by atoms with E-state index in [0.29, 0.717) is 23.4 Å². The molecule has 0 radical (unpaired) electrons. The van der Waals surface area contributed by atoms with Gasteiger partial charge < -0.3 is 15.0 Å². The number of hydrogen-bond donors (Lipinski definition) is 1. The number of benzene rings is 1. The number of aromatic nitrogens is 2. The minimum Gasteiger partial charge on any atom is -0.376 e. The van der Waals surface area contributed by atoms with Crippen molar-refractivity contribution in [2.75, 3.05) is 49.6 Å². The van der Waals surface area contributed by atoms with Crippen LogP contribution in [0, 0.1) is 11.8 Å². The van der Waals surface area contributed by atoms with Crippen molar-refractivity contribution in [1.29, 1.82) is 0 Å². The maximum atomic E-state index is 14.5. The SMILES string of the molecule is CC[C@@H]1[C@H](C(=O)Nc2cc3cc(N4CCN([C@]5(C)COC[C@@H]5F)CC4)c(Cl)cc3cn2)[C@H]1c1ccccn1. The molecule has 0 unspecified atom stereocenters. The summed E-state index contributed by atoms with van der Waals surface area (Å²) in [7, 11) is 0. The van der Waals surface area contributed by atoms with E-state index >= 15 is 0 Å². The van der Waals surface area contributed by atoms with E-state index in [-0.39, 0.29) is 24.3 Å². The van der Waals surface area contributed by atoms with Crippen LogP contribution in [0.5, 0.6) is 0 Å². The average molecular weight is 538 g/mol. The molecule has 1 N–H and O–H groups in total. The first-order valence-electron chi connectivity index (χ1n) is 13.4. The zero-order valence-corrected chi connectivity index (χ0v) is 22.5. The third-order valence-corrected chi connectivity index (χ3v) is 8.99. The summed E-state index contributed by atoms with van der Waals surface area (Å²) in [4.78, 5) is 26.6. The Hall–Kier alpha value is -2.81. The number of halogens is 2. The minimum atomic E-state index is -0.970. The highest BCUT2D eigenvalue weighted by molar-refractivity contribution is 6.34. The van der Waals surface area contributed by atoms with E-state index in [4.69, 9.17) is 16.3 Å². The molecule has 1 aliphatic carbocycles. The number of carbonyl (C=O) groups excluding carboxylic acids is 1. The largest absolute Gasteiger partial charge is 0.376 e. The number of alkyl halides is 1. The van der Waals surface area contributed by atoms with Crippen LogP contribution in [0.25, 0.3) is 10.8 Å². The van der Waals surface area contributed by atoms with Crippen LogP contribution in [-0.4, -0.2) is 71.9 Å². The molecule has 2 aromatic heterocycles. The molecule has 0 spiro atoms. The van der Waals surface area contributed by atoms with Crippen LogP contribution >= 0.6 is 11.6 Å². The van der Waals surface area contributed by atoms with E-state index in [1.807, 2.05) is 37.3 Å². The van der Waals surface area contributed by atoms with Crippen LogP contribution < -0.4 is 10.2 Å². The summed E-state index contributed by atoms with van der Waals surface area (Å²) in [6, 6.07) is 11.8. The summed E-state index contributed by atoms with van der Waals surface area (Å²) in [5, 5.41) is 5.57. The van der Waals surface area contributed by atoms with Gasteiger partial charge >= 0.3 is 0 Å². The Morgan fingerprint density at radius 2 is 2.00 bits per heavy atom. The molecule has 7 nitrogen and oxygen atoms in total. The zero-order chi connectivity index (χ0) is 26.4. The number of amides is 1. The normalized spacial score (nSPS) is 29.5. The van der Waals surface area contributed by atoms with Gasteiger partial charge in [-0.05, 0) is 48.6 Å². The fraction of sp³-hybridized carbons (Fsp3) is 0.483. The Kier molecular flexibility index (Phi) is 6.74. The smallest absolute Gasteiger partial charge is 0.229 e. The molecule has 6 rings (SSSR count). The number of pyridine rings is 2. The van der Waals surface area contributed by atoms with Crippen LogP contribution in [-0.2, 0) is 9.53 Å². The van der Waals surface area contributed by atoms with Gasteiger partial charge in [0.15, 0.2) is 0 Å². The Morgan fingerprint density at radius 3 is 2.68 bits per heavy atom. The second kappa shape index (κ2) is 10.1. The number of anilines is 2. The standard InChI is InChI=1S/C29H33ClFN5O2/c1-3-20-26(22-6-4-5-7-32-22)27(20)28(37)34-25-14-18-13-23(21(30)12-19(18)15-33-25)35-8-10-36(11-9-35)29(2)17-38-16-24(29)31/h4-7,12-15,20,24,26-27H,3,8-11,16-17H2,1-2H3,(H,33,34,37)/t20-,24-,26+,27-,29+/m0/s1. The van der Waals surface area contributed by atoms with Crippen LogP contribution in [0.4, 0.5) is 15.9 Å². The number of rotatable bonds is 6. The topological polar surface area (TPSA) is 70.6 Å². The minimum absolute atomic E-state index is 0.0137. The van der Waals surface area contributed by atoms with Crippen molar-refractivity contribution in [3.8, 4) is 0 Å². The molecule has 1 aromatic carbocycles. The van der Waals surface area contributed by atoms with Gasteiger partial charge in [-0.1, -0.05) is 31.0 Å². The maximum absolute atomic E-state index is 14.5. The van der Waals surface area contributed by atoms with Crippen molar-refractivity contribution in [1.82, 2.24) is 14.9 Å². The second-order valence-electron chi connectivity index (χ2n) is 10.9. The van der Waals surface area contributed by atoms with Crippen molar-refractivity contribution in [2.45, 2.75) is 37.9 Å². The van der Waals surface area contributed by atoms with Crippen molar-refractivity contribution in [3.05, 3.63) is 59.5 Å². The lowest BCUT2D eigenvalue weighted by Crippen LogP contribution is -2.59. The lowest BCUT2D eigenvalue weighted by atomic mass is 9.96. The van der Waals surface area contributed by atoms with Crippen molar-refractivity contribution < 1.29 is 13.9 Å². The summed E-state index contributed by atoms with van der Waals surface area (Å²) in [6.45, 7) is 7.64. The number of ether oxygens (including phenoxy) is 1. The van der Waals surface area contributed by atoms with Gasteiger partial charge in [-0.25, -0.2) is 9.37 Å². The molecule has 3 aromatic rings. The molecule has 38 heavy (non-hydrogen) atoms. The molecule has 2 aliphatic heterocycles. The second-order valence-corrected chi connectivity index (χ2v) is 11.3. The van der Waals surface area contributed by atoms with E-state index in [0.717, 1.165) is 54.8 Å². The van der Waals surface area contributed by atoms with Crippen LogP contribution in [0.15, 0.2) is 48.8 Å². The molecule has 3 fully saturated rings. The first-order valence-corrected chi connectivity index (χ1v) is 13.8. The number of carbonyl (C=O) groups is 1. The average Bonchev–Trinajstić information content (AvgIpc) is 3.58. The van der Waals surface area contributed by atoms with Gasteiger partial charge in [0.1, 0.15) is 12.0 Å². The number of nitrogens with one attached hydrogen (secondary N) is 1. The summed E-state index contributed by atoms with van der Waals surface area (Å²) in [5.41, 5.74) is 1.35. The van der Waals surface area contributed by atoms with Gasteiger partial charge in [0, 0.05) is 55.6 Å². The molecule has 2 saturated heterocycles. The summed E-state index contributed by atoms with van der Waals surface area (Å²) < 4.78 is 19.9. The van der Waals surface area contributed by atoms with Crippen LogP contribution in [0.1, 0.15) is 31.9 Å². The molecule has 3 aliphatic rings. The molecule has 0 bridgehead atoms. The van der Waals surface area contributed by atoms with Gasteiger partial charge in [-0.2, -0.15) is 0 Å². The summed E-state index contributed by atoms with van der Waals surface area (Å²) in [6.07, 6.45) is 3.49. The molecule has 200 valence electrons. The van der Waals surface area contributed by atoms with E-state index < -0.39 is 11.7 Å².